The second kappa shape index (κ2) is 4.88. The monoisotopic (exact) mass is 256 g/mol. The molecule has 0 radical (unpaired) electrons. The van der Waals surface area contributed by atoms with E-state index in [0.717, 1.165) is 6.07 Å². The standard InChI is InChI=1S/C8H6BF5O3/c10-7(11)17-6-2-1-4(9(15)16)3-5(6)8(12,13)14/h1-3,7,15-16H. The number of hydrogen-bond acceptors (Lipinski definition) is 3. The highest BCUT2D eigenvalue weighted by Crippen LogP contribution is 2.36. The molecule has 0 aliphatic heterocycles. The van der Waals surface area contributed by atoms with E-state index in [1.807, 2.05) is 0 Å². The Morgan fingerprint density at radius 2 is 1.76 bits per heavy atom. The van der Waals surface area contributed by atoms with Gasteiger partial charge in [0.25, 0.3) is 0 Å². The lowest BCUT2D eigenvalue weighted by atomic mass is 9.79. The van der Waals surface area contributed by atoms with Crippen LogP contribution in [0.3, 0.4) is 0 Å². The molecule has 0 amide bonds. The molecule has 17 heavy (non-hydrogen) atoms. The van der Waals surface area contributed by atoms with Crippen LogP contribution in [0.15, 0.2) is 18.2 Å². The summed E-state index contributed by atoms with van der Waals surface area (Å²) in [5, 5.41) is 17.4. The summed E-state index contributed by atoms with van der Waals surface area (Å²) in [5.74, 6) is -1.07. The number of halogens is 5. The van der Waals surface area contributed by atoms with Gasteiger partial charge < -0.3 is 14.8 Å². The smallest absolute Gasteiger partial charge is 0.434 e. The van der Waals surface area contributed by atoms with E-state index in [2.05, 4.69) is 4.74 Å². The molecule has 0 saturated carbocycles. The van der Waals surface area contributed by atoms with Gasteiger partial charge in [-0.2, -0.15) is 22.0 Å². The third kappa shape index (κ3) is 3.57. The van der Waals surface area contributed by atoms with Gasteiger partial charge in [0.15, 0.2) is 0 Å². The van der Waals surface area contributed by atoms with Crippen molar-refractivity contribution in [1.82, 2.24) is 0 Å². The number of hydrogen-bond donors (Lipinski definition) is 2. The van der Waals surface area contributed by atoms with Crippen molar-refractivity contribution in [3.63, 3.8) is 0 Å². The number of rotatable bonds is 3. The summed E-state index contributed by atoms with van der Waals surface area (Å²) in [7, 11) is -2.13. The van der Waals surface area contributed by atoms with Crippen LogP contribution in [0, 0.1) is 0 Å². The van der Waals surface area contributed by atoms with E-state index >= 15 is 0 Å². The van der Waals surface area contributed by atoms with E-state index in [-0.39, 0.29) is 0 Å². The molecule has 1 aromatic carbocycles. The Bertz CT molecular complexity index is 393. The maximum atomic E-state index is 12.5. The van der Waals surface area contributed by atoms with Crippen molar-refractivity contribution < 1.29 is 36.7 Å². The third-order valence-electron chi connectivity index (χ3n) is 1.82. The average Bonchev–Trinajstić information content (AvgIpc) is 2.15. The normalized spacial score (nSPS) is 11.8. The summed E-state index contributed by atoms with van der Waals surface area (Å²) in [5.41, 5.74) is -1.97. The SMILES string of the molecule is OB(O)c1ccc(OC(F)F)c(C(F)(F)F)c1. The van der Waals surface area contributed by atoms with Gasteiger partial charge in [0.05, 0.1) is 5.56 Å². The van der Waals surface area contributed by atoms with E-state index < -0.39 is 36.7 Å². The molecule has 9 heteroatoms. The minimum Gasteiger partial charge on any atom is -0.434 e. The van der Waals surface area contributed by atoms with Gasteiger partial charge in [-0.25, -0.2) is 0 Å². The Morgan fingerprint density at radius 1 is 1.18 bits per heavy atom. The molecule has 0 bridgehead atoms. The molecule has 0 aliphatic rings. The lowest BCUT2D eigenvalue weighted by molar-refractivity contribution is -0.141. The third-order valence-corrected chi connectivity index (χ3v) is 1.82. The van der Waals surface area contributed by atoms with E-state index in [1.54, 1.807) is 0 Å². The van der Waals surface area contributed by atoms with Crippen molar-refractivity contribution in [2.45, 2.75) is 12.8 Å². The van der Waals surface area contributed by atoms with Crippen molar-refractivity contribution in [3.8, 4) is 5.75 Å². The van der Waals surface area contributed by atoms with Crippen LogP contribution in [0.2, 0.25) is 0 Å². The van der Waals surface area contributed by atoms with Crippen molar-refractivity contribution >= 4 is 12.6 Å². The predicted molar refractivity (Wildman–Crippen MR) is 47.9 cm³/mol. The summed E-state index contributed by atoms with van der Waals surface area (Å²) in [6, 6.07) is 1.78. The maximum Gasteiger partial charge on any atom is 0.488 e. The van der Waals surface area contributed by atoms with Gasteiger partial charge in [0.2, 0.25) is 0 Å². The van der Waals surface area contributed by atoms with Crippen LogP contribution in [-0.2, 0) is 6.18 Å². The van der Waals surface area contributed by atoms with E-state index in [1.165, 1.54) is 0 Å². The van der Waals surface area contributed by atoms with E-state index in [9.17, 15) is 22.0 Å². The topological polar surface area (TPSA) is 49.7 Å². The highest BCUT2D eigenvalue weighted by atomic mass is 19.4. The van der Waals surface area contributed by atoms with Crippen LogP contribution in [0.1, 0.15) is 5.56 Å². The maximum absolute atomic E-state index is 12.5. The molecular weight excluding hydrogens is 250 g/mol. The van der Waals surface area contributed by atoms with E-state index in [4.69, 9.17) is 10.0 Å². The zero-order valence-electron chi connectivity index (χ0n) is 8.08. The quantitative estimate of drug-likeness (QED) is 0.626. The first-order chi connectivity index (χ1) is 7.71. The largest absolute Gasteiger partial charge is 0.488 e. The molecule has 2 N–H and O–H groups in total. The highest BCUT2D eigenvalue weighted by molar-refractivity contribution is 6.58. The summed E-state index contributed by atoms with van der Waals surface area (Å²) in [6.45, 7) is -3.40. The number of alkyl halides is 5. The minimum absolute atomic E-state index is 0.336. The summed E-state index contributed by atoms with van der Waals surface area (Å²) < 4.78 is 64.8. The van der Waals surface area contributed by atoms with Crippen LogP contribution >= 0.6 is 0 Å². The van der Waals surface area contributed by atoms with Crippen LogP contribution in [0.4, 0.5) is 22.0 Å². The van der Waals surface area contributed by atoms with Crippen molar-refractivity contribution in [2.24, 2.45) is 0 Å². The van der Waals surface area contributed by atoms with Gasteiger partial charge in [-0.1, -0.05) is 6.07 Å². The first-order valence-corrected chi connectivity index (χ1v) is 4.24. The summed E-state index contributed by atoms with van der Waals surface area (Å²) in [6.07, 6.45) is -4.94. The highest BCUT2D eigenvalue weighted by Gasteiger charge is 2.36. The van der Waals surface area contributed by atoms with Gasteiger partial charge in [-0.15, -0.1) is 0 Å². The zero-order chi connectivity index (χ0) is 13.2. The summed E-state index contributed by atoms with van der Waals surface area (Å²) in [4.78, 5) is 0. The van der Waals surface area contributed by atoms with Crippen LogP contribution in [0.5, 0.6) is 5.75 Å². The predicted octanol–water partition coefficient (Wildman–Crippen LogP) is 0.987. The van der Waals surface area contributed by atoms with Crippen molar-refractivity contribution in [3.05, 3.63) is 23.8 Å². The number of benzene rings is 1. The molecule has 0 aromatic heterocycles. The molecule has 3 nitrogen and oxygen atoms in total. The Labute approximate surface area is 92.6 Å². The molecule has 0 heterocycles. The molecule has 0 atom stereocenters. The first-order valence-electron chi connectivity index (χ1n) is 4.24. The lowest BCUT2D eigenvalue weighted by Gasteiger charge is -2.14. The molecule has 0 aliphatic carbocycles. The fraction of sp³-hybridized carbons (Fsp3) is 0.250. The Kier molecular flexibility index (Phi) is 3.94. The fourth-order valence-corrected chi connectivity index (χ4v) is 1.13. The number of ether oxygens (including phenoxy) is 1. The van der Waals surface area contributed by atoms with Gasteiger partial charge in [-0.3, -0.25) is 0 Å². The van der Waals surface area contributed by atoms with Crippen LogP contribution < -0.4 is 10.2 Å². The lowest BCUT2D eigenvalue weighted by Crippen LogP contribution is -2.31. The average molecular weight is 256 g/mol. The van der Waals surface area contributed by atoms with Gasteiger partial charge in [0.1, 0.15) is 5.75 Å². The molecule has 0 saturated heterocycles. The molecule has 0 spiro atoms. The van der Waals surface area contributed by atoms with Crippen molar-refractivity contribution in [2.75, 3.05) is 0 Å². The minimum atomic E-state index is -4.94. The van der Waals surface area contributed by atoms with E-state index in [0.29, 0.717) is 12.1 Å². The van der Waals surface area contributed by atoms with Gasteiger partial charge in [-0.05, 0) is 17.6 Å². The van der Waals surface area contributed by atoms with Crippen LogP contribution in [0.25, 0.3) is 0 Å². The molecule has 1 aromatic rings. The summed E-state index contributed by atoms with van der Waals surface area (Å²) >= 11 is 0. The fourth-order valence-electron chi connectivity index (χ4n) is 1.13. The second-order valence-electron chi connectivity index (χ2n) is 3.01. The van der Waals surface area contributed by atoms with Crippen molar-refractivity contribution in [1.29, 1.82) is 0 Å². The van der Waals surface area contributed by atoms with Crippen LogP contribution in [-0.4, -0.2) is 23.8 Å². The Morgan fingerprint density at radius 3 is 2.18 bits per heavy atom. The molecule has 0 fully saturated rings. The molecule has 0 unspecified atom stereocenters. The first kappa shape index (κ1) is 13.7. The molecule has 1 rings (SSSR count). The Hall–Kier alpha value is -1.35. The zero-order valence-corrected chi connectivity index (χ0v) is 8.08. The molecular formula is C8H6BF5O3. The van der Waals surface area contributed by atoms with Gasteiger partial charge in [0, 0.05) is 0 Å². The Balaban J connectivity index is 3.22. The van der Waals surface area contributed by atoms with Gasteiger partial charge >= 0.3 is 19.9 Å². The second-order valence-corrected chi connectivity index (χ2v) is 3.01. The molecule has 94 valence electrons.